The van der Waals surface area contributed by atoms with E-state index in [1.807, 2.05) is 34.9 Å². The zero-order chi connectivity index (χ0) is 12.1. The van der Waals surface area contributed by atoms with Crippen LogP contribution in [0.15, 0.2) is 49.1 Å². The van der Waals surface area contributed by atoms with E-state index in [-0.39, 0.29) is 12.6 Å². The second kappa shape index (κ2) is 5.41. The van der Waals surface area contributed by atoms with Crippen molar-refractivity contribution in [2.24, 2.45) is 5.92 Å². The lowest BCUT2D eigenvalue weighted by molar-refractivity contribution is -0.113. The van der Waals surface area contributed by atoms with Gasteiger partial charge in [0, 0.05) is 12.4 Å². The van der Waals surface area contributed by atoms with Crippen LogP contribution in [0.2, 0.25) is 0 Å². The second-order valence-corrected chi connectivity index (χ2v) is 3.85. The van der Waals surface area contributed by atoms with E-state index in [4.69, 9.17) is 0 Å². The summed E-state index contributed by atoms with van der Waals surface area (Å²) in [6.07, 6.45) is 5.90. The molecule has 4 heteroatoms. The maximum absolute atomic E-state index is 11.1. The molecule has 0 spiro atoms. The van der Waals surface area contributed by atoms with Gasteiger partial charge in [0.05, 0.1) is 24.9 Å². The first-order valence-corrected chi connectivity index (χ1v) is 5.45. The average Bonchev–Trinajstić information content (AvgIpc) is 2.90. The number of aliphatic hydroxyl groups excluding tert-OH is 1. The molecular weight excluding hydrogens is 216 g/mol. The zero-order valence-electron chi connectivity index (χ0n) is 9.31. The highest BCUT2D eigenvalue weighted by Gasteiger charge is 2.23. The molecule has 0 amide bonds. The Hall–Kier alpha value is -1.94. The number of rotatable bonds is 5. The van der Waals surface area contributed by atoms with Crippen LogP contribution in [0.5, 0.6) is 0 Å². The molecule has 0 aliphatic heterocycles. The molecule has 1 aromatic carbocycles. The molecule has 2 unspecified atom stereocenters. The van der Waals surface area contributed by atoms with Crippen LogP contribution in [0, 0.1) is 5.92 Å². The highest BCUT2D eigenvalue weighted by molar-refractivity contribution is 5.56. The highest BCUT2D eigenvalue weighted by Crippen LogP contribution is 2.25. The van der Waals surface area contributed by atoms with Gasteiger partial charge in [0.15, 0.2) is 0 Å². The predicted molar refractivity (Wildman–Crippen MR) is 63.4 cm³/mol. The van der Waals surface area contributed by atoms with Gasteiger partial charge in [-0.15, -0.1) is 0 Å². The molecule has 1 heterocycles. The molecule has 1 aromatic heterocycles. The molecular formula is C13H14N2O2. The summed E-state index contributed by atoms with van der Waals surface area (Å²) in [5.74, 6) is -0.466. The van der Waals surface area contributed by atoms with Gasteiger partial charge in [-0.2, -0.15) is 0 Å². The van der Waals surface area contributed by atoms with Gasteiger partial charge >= 0.3 is 0 Å². The molecule has 1 N–H and O–H groups in total. The smallest absolute Gasteiger partial charge is 0.127 e. The number of nitrogens with zero attached hydrogens (tertiary/aromatic N) is 2. The fourth-order valence-corrected chi connectivity index (χ4v) is 1.94. The van der Waals surface area contributed by atoms with Gasteiger partial charge in [-0.3, -0.25) is 0 Å². The third-order valence-electron chi connectivity index (χ3n) is 2.78. The minimum absolute atomic E-state index is 0.179. The van der Waals surface area contributed by atoms with Gasteiger partial charge in [0.25, 0.3) is 0 Å². The second-order valence-electron chi connectivity index (χ2n) is 3.85. The summed E-state index contributed by atoms with van der Waals surface area (Å²) < 4.78 is 1.84. The van der Waals surface area contributed by atoms with E-state index in [1.54, 1.807) is 18.7 Å². The van der Waals surface area contributed by atoms with Gasteiger partial charge in [-0.05, 0) is 5.56 Å². The van der Waals surface area contributed by atoms with Gasteiger partial charge in [0.1, 0.15) is 6.29 Å². The first-order valence-electron chi connectivity index (χ1n) is 5.45. The fourth-order valence-electron chi connectivity index (χ4n) is 1.94. The Labute approximate surface area is 99.5 Å². The Balaban J connectivity index is 2.41. The largest absolute Gasteiger partial charge is 0.396 e. The number of aliphatic hydroxyl groups is 1. The Morgan fingerprint density at radius 2 is 2.12 bits per heavy atom. The number of aldehydes is 1. The number of carbonyl (C=O) groups is 1. The molecule has 17 heavy (non-hydrogen) atoms. The highest BCUT2D eigenvalue weighted by atomic mass is 16.3. The number of aromatic nitrogens is 2. The molecule has 0 bridgehead atoms. The molecule has 0 radical (unpaired) electrons. The van der Waals surface area contributed by atoms with E-state index < -0.39 is 5.92 Å². The maximum Gasteiger partial charge on any atom is 0.127 e. The number of hydrogen-bond donors (Lipinski definition) is 1. The standard InChI is InChI=1S/C13H14N2O2/c16-8-12(9-17)13(15-7-6-14-10-15)11-4-2-1-3-5-11/h1-8,10,12-13,17H,9H2. The lowest BCUT2D eigenvalue weighted by atomic mass is 9.94. The quantitative estimate of drug-likeness (QED) is 0.787. The Bertz CT molecular complexity index is 454. The summed E-state index contributed by atoms with van der Waals surface area (Å²) in [5.41, 5.74) is 0.983. The third kappa shape index (κ3) is 2.42. The van der Waals surface area contributed by atoms with Crippen molar-refractivity contribution in [3.8, 4) is 0 Å². The summed E-state index contributed by atoms with van der Waals surface area (Å²) in [6.45, 7) is -0.179. The van der Waals surface area contributed by atoms with E-state index in [0.717, 1.165) is 11.8 Å². The molecule has 2 rings (SSSR count). The Kier molecular flexibility index (Phi) is 3.67. The Morgan fingerprint density at radius 3 is 2.65 bits per heavy atom. The number of imidazole rings is 1. The summed E-state index contributed by atoms with van der Waals surface area (Å²) in [6, 6.07) is 9.43. The van der Waals surface area contributed by atoms with Gasteiger partial charge in [-0.1, -0.05) is 30.3 Å². The lowest BCUT2D eigenvalue weighted by Crippen LogP contribution is -2.24. The molecule has 4 nitrogen and oxygen atoms in total. The van der Waals surface area contributed by atoms with Gasteiger partial charge in [-0.25, -0.2) is 4.98 Å². The minimum atomic E-state index is -0.466. The van der Waals surface area contributed by atoms with Crippen molar-refractivity contribution in [2.45, 2.75) is 6.04 Å². The first kappa shape index (κ1) is 11.5. The molecule has 0 fully saturated rings. The van der Waals surface area contributed by atoms with Crippen molar-refractivity contribution in [3.63, 3.8) is 0 Å². The third-order valence-corrected chi connectivity index (χ3v) is 2.78. The monoisotopic (exact) mass is 230 g/mol. The SMILES string of the molecule is O=CC(CO)C(c1ccccc1)n1ccnc1. The van der Waals surface area contributed by atoms with Crippen LogP contribution >= 0.6 is 0 Å². The van der Waals surface area contributed by atoms with Gasteiger partial charge < -0.3 is 14.5 Å². The molecule has 2 aromatic rings. The minimum Gasteiger partial charge on any atom is -0.396 e. The van der Waals surface area contributed by atoms with E-state index in [9.17, 15) is 9.90 Å². The van der Waals surface area contributed by atoms with Crippen molar-refractivity contribution < 1.29 is 9.90 Å². The van der Waals surface area contributed by atoms with Crippen LogP contribution < -0.4 is 0 Å². The molecule has 0 saturated heterocycles. The molecule has 88 valence electrons. The molecule has 0 saturated carbocycles. The van der Waals surface area contributed by atoms with Crippen molar-refractivity contribution >= 4 is 6.29 Å². The van der Waals surface area contributed by atoms with Crippen molar-refractivity contribution in [1.29, 1.82) is 0 Å². The first-order chi connectivity index (χ1) is 8.36. The van der Waals surface area contributed by atoms with E-state index in [1.165, 1.54) is 0 Å². The predicted octanol–water partition coefficient (Wildman–Crippen LogP) is 1.28. The summed E-state index contributed by atoms with van der Waals surface area (Å²) in [7, 11) is 0. The van der Waals surface area contributed by atoms with E-state index in [2.05, 4.69) is 4.98 Å². The molecule has 2 atom stereocenters. The van der Waals surface area contributed by atoms with Crippen LogP contribution in [-0.4, -0.2) is 27.6 Å². The van der Waals surface area contributed by atoms with Crippen molar-refractivity contribution in [3.05, 3.63) is 54.6 Å². The molecule has 0 aliphatic carbocycles. The van der Waals surface area contributed by atoms with Gasteiger partial charge in [0.2, 0.25) is 0 Å². The normalized spacial score (nSPS) is 14.2. The average molecular weight is 230 g/mol. The topological polar surface area (TPSA) is 55.1 Å². The van der Waals surface area contributed by atoms with E-state index in [0.29, 0.717) is 0 Å². The molecule has 0 aliphatic rings. The number of benzene rings is 1. The van der Waals surface area contributed by atoms with E-state index >= 15 is 0 Å². The summed E-state index contributed by atoms with van der Waals surface area (Å²) in [4.78, 5) is 15.0. The maximum atomic E-state index is 11.1. The Morgan fingerprint density at radius 1 is 1.35 bits per heavy atom. The van der Waals surface area contributed by atoms with Crippen molar-refractivity contribution in [2.75, 3.05) is 6.61 Å². The lowest BCUT2D eigenvalue weighted by Gasteiger charge is -2.23. The van der Waals surface area contributed by atoms with Crippen molar-refractivity contribution in [1.82, 2.24) is 9.55 Å². The zero-order valence-corrected chi connectivity index (χ0v) is 9.31. The van der Waals surface area contributed by atoms with Crippen LogP contribution in [0.3, 0.4) is 0 Å². The van der Waals surface area contributed by atoms with Crippen LogP contribution in [0.4, 0.5) is 0 Å². The number of hydrogen-bond acceptors (Lipinski definition) is 3. The van der Waals surface area contributed by atoms with Crippen LogP contribution in [0.1, 0.15) is 11.6 Å². The van der Waals surface area contributed by atoms with Crippen LogP contribution in [0.25, 0.3) is 0 Å². The summed E-state index contributed by atoms with van der Waals surface area (Å²) in [5, 5.41) is 9.29. The summed E-state index contributed by atoms with van der Waals surface area (Å²) >= 11 is 0. The fraction of sp³-hybridized carbons (Fsp3) is 0.231. The number of carbonyl (C=O) groups excluding carboxylic acids is 1. The van der Waals surface area contributed by atoms with Crippen LogP contribution in [-0.2, 0) is 4.79 Å².